The minimum Gasteiger partial charge on any atom is -0.332 e. The third kappa shape index (κ3) is 3.90. The lowest BCUT2D eigenvalue weighted by molar-refractivity contribution is -0.136. The summed E-state index contributed by atoms with van der Waals surface area (Å²) in [6, 6.07) is 6.94. The lowest BCUT2D eigenvalue weighted by atomic mass is 10.1. The quantitative estimate of drug-likeness (QED) is 0.918. The molecule has 0 radical (unpaired) electrons. The highest BCUT2D eigenvalue weighted by molar-refractivity contribution is 5.90. The molecule has 1 aliphatic rings. The van der Waals surface area contributed by atoms with E-state index in [2.05, 4.69) is 5.32 Å². The second-order valence-corrected chi connectivity index (χ2v) is 5.41. The Morgan fingerprint density at radius 2 is 1.86 bits per heavy atom. The molecule has 0 saturated carbocycles. The van der Waals surface area contributed by atoms with Crippen LogP contribution in [0.5, 0.6) is 0 Å². The first-order chi connectivity index (χ1) is 9.97. The normalized spacial score (nSPS) is 17.6. The maximum absolute atomic E-state index is 12.3. The minimum absolute atomic E-state index is 0.0139. The molecule has 1 saturated heterocycles. The molecule has 5 heteroatoms. The van der Waals surface area contributed by atoms with Gasteiger partial charge in [-0.25, -0.2) is 0 Å². The van der Waals surface area contributed by atoms with E-state index in [4.69, 9.17) is 0 Å². The van der Waals surface area contributed by atoms with Crippen molar-refractivity contribution in [2.75, 3.05) is 11.9 Å². The van der Waals surface area contributed by atoms with Crippen molar-refractivity contribution in [2.45, 2.75) is 39.2 Å². The zero-order valence-corrected chi connectivity index (χ0v) is 12.4. The van der Waals surface area contributed by atoms with Crippen molar-refractivity contribution in [1.82, 2.24) is 4.90 Å². The van der Waals surface area contributed by atoms with Crippen LogP contribution < -0.4 is 5.32 Å². The monoisotopic (exact) mass is 288 g/mol. The van der Waals surface area contributed by atoms with Crippen molar-refractivity contribution in [1.29, 1.82) is 0 Å². The fourth-order valence-electron chi connectivity index (χ4n) is 2.67. The molecule has 1 aromatic rings. The molecule has 1 atom stereocenters. The third-order valence-corrected chi connectivity index (χ3v) is 3.67. The molecule has 1 fully saturated rings. The summed E-state index contributed by atoms with van der Waals surface area (Å²) in [5.41, 5.74) is 1.59. The maximum atomic E-state index is 12.3. The van der Waals surface area contributed by atoms with E-state index in [1.165, 1.54) is 6.92 Å². The molecule has 0 bridgehead atoms. The van der Waals surface area contributed by atoms with Crippen molar-refractivity contribution in [3.63, 3.8) is 0 Å². The summed E-state index contributed by atoms with van der Waals surface area (Å²) in [4.78, 5) is 36.5. The smallest absolute Gasteiger partial charge is 0.227 e. The van der Waals surface area contributed by atoms with Gasteiger partial charge in [0, 0.05) is 19.2 Å². The van der Waals surface area contributed by atoms with Gasteiger partial charge in [0.1, 0.15) is 0 Å². The minimum atomic E-state index is -0.254. The number of likely N-dealkylation sites (tertiary alicyclic amines) is 1. The number of anilines is 1. The fraction of sp³-hybridized carbons (Fsp3) is 0.438. The first-order valence-electron chi connectivity index (χ1n) is 7.14. The predicted molar refractivity (Wildman–Crippen MR) is 79.9 cm³/mol. The Morgan fingerprint density at radius 1 is 1.19 bits per heavy atom. The van der Waals surface area contributed by atoms with E-state index in [-0.39, 0.29) is 30.1 Å². The number of carbonyl (C=O) groups is 3. The lowest BCUT2D eigenvalue weighted by Crippen LogP contribution is -2.40. The average molecular weight is 288 g/mol. The summed E-state index contributed by atoms with van der Waals surface area (Å²) in [6.07, 6.45) is 1.93. The van der Waals surface area contributed by atoms with Crippen LogP contribution in [0.15, 0.2) is 24.3 Å². The summed E-state index contributed by atoms with van der Waals surface area (Å²) in [6.45, 7) is 3.65. The molecule has 0 aromatic heterocycles. The molecule has 0 aliphatic carbocycles. The van der Waals surface area contributed by atoms with Crippen LogP contribution >= 0.6 is 0 Å². The number of Topliss-reactive ketones (excluding diaryl/α,β-unsaturated/α-hetero) is 1. The predicted octanol–water partition coefficient (Wildman–Crippen LogP) is 1.77. The number of rotatable bonds is 4. The van der Waals surface area contributed by atoms with Crippen LogP contribution in [0, 0.1) is 0 Å². The fourth-order valence-corrected chi connectivity index (χ4v) is 2.67. The van der Waals surface area contributed by atoms with E-state index in [0.29, 0.717) is 12.2 Å². The van der Waals surface area contributed by atoms with Gasteiger partial charge in [-0.1, -0.05) is 12.1 Å². The van der Waals surface area contributed by atoms with Gasteiger partial charge in [-0.2, -0.15) is 0 Å². The Hall–Kier alpha value is -2.17. The molecule has 1 N–H and O–H groups in total. The first-order valence-corrected chi connectivity index (χ1v) is 7.14. The average Bonchev–Trinajstić information content (AvgIpc) is 2.90. The summed E-state index contributed by atoms with van der Waals surface area (Å²) < 4.78 is 0. The topological polar surface area (TPSA) is 66.5 Å². The van der Waals surface area contributed by atoms with E-state index < -0.39 is 0 Å². The number of carbonyl (C=O) groups excluding carboxylic acids is 3. The largest absolute Gasteiger partial charge is 0.332 e. The zero-order chi connectivity index (χ0) is 15.4. The number of hydrogen-bond acceptors (Lipinski definition) is 3. The van der Waals surface area contributed by atoms with Crippen LogP contribution in [0.1, 0.15) is 32.3 Å². The number of benzene rings is 1. The number of hydrogen-bond donors (Lipinski definition) is 1. The van der Waals surface area contributed by atoms with Gasteiger partial charge in [0.25, 0.3) is 0 Å². The van der Waals surface area contributed by atoms with Crippen molar-refractivity contribution >= 4 is 23.3 Å². The number of nitrogens with one attached hydrogen (secondary N) is 1. The molecular weight excluding hydrogens is 268 g/mol. The Labute approximate surface area is 124 Å². The Balaban J connectivity index is 1.99. The summed E-state index contributed by atoms with van der Waals surface area (Å²) in [5, 5.41) is 2.68. The molecule has 1 aliphatic heterocycles. The van der Waals surface area contributed by atoms with E-state index in [0.717, 1.165) is 18.4 Å². The van der Waals surface area contributed by atoms with Crippen LogP contribution in [0.2, 0.25) is 0 Å². The third-order valence-electron chi connectivity index (χ3n) is 3.67. The van der Waals surface area contributed by atoms with Gasteiger partial charge in [0.15, 0.2) is 5.78 Å². The van der Waals surface area contributed by atoms with Crippen LogP contribution in [0.25, 0.3) is 0 Å². The summed E-state index contributed by atoms with van der Waals surface area (Å²) >= 11 is 0. The maximum Gasteiger partial charge on any atom is 0.227 e. The van der Waals surface area contributed by atoms with Crippen molar-refractivity contribution in [3.8, 4) is 0 Å². The molecule has 1 unspecified atom stereocenters. The van der Waals surface area contributed by atoms with Gasteiger partial charge in [0.05, 0.1) is 12.5 Å². The summed E-state index contributed by atoms with van der Waals surface area (Å²) in [7, 11) is 0. The van der Waals surface area contributed by atoms with Gasteiger partial charge in [-0.05, 0) is 37.5 Å². The standard InChI is InChI=1S/C16H20N2O3/c1-11(19)15-4-3-9-18(15)16(21)10-13-5-7-14(8-6-13)17-12(2)20/h5-8,15H,3-4,9-10H2,1-2H3,(H,17,20). The molecule has 2 amide bonds. The molecule has 21 heavy (non-hydrogen) atoms. The Bertz CT molecular complexity index is 551. The highest BCUT2D eigenvalue weighted by Crippen LogP contribution is 2.20. The van der Waals surface area contributed by atoms with Gasteiger partial charge in [-0.3, -0.25) is 14.4 Å². The lowest BCUT2D eigenvalue weighted by Gasteiger charge is -2.22. The van der Waals surface area contributed by atoms with Crippen LogP contribution in [-0.4, -0.2) is 35.1 Å². The highest BCUT2D eigenvalue weighted by Gasteiger charge is 2.31. The van der Waals surface area contributed by atoms with Crippen molar-refractivity contribution < 1.29 is 14.4 Å². The molecule has 1 aromatic carbocycles. The van der Waals surface area contributed by atoms with E-state index in [1.807, 2.05) is 12.1 Å². The summed E-state index contributed by atoms with van der Waals surface area (Å²) in [5.74, 6) is -0.0815. The van der Waals surface area contributed by atoms with E-state index in [1.54, 1.807) is 24.0 Å². The first kappa shape index (κ1) is 15.2. The molecule has 1 heterocycles. The number of ketones is 1. The molecule has 5 nitrogen and oxygen atoms in total. The Morgan fingerprint density at radius 3 is 2.43 bits per heavy atom. The molecule has 2 rings (SSSR count). The van der Waals surface area contributed by atoms with Gasteiger partial charge in [-0.15, -0.1) is 0 Å². The molecule has 0 spiro atoms. The second kappa shape index (κ2) is 6.52. The van der Waals surface area contributed by atoms with E-state index >= 15 is 0 Å². The van der Waals surface area contributed by atoms with Crippen LogP contribution in [-0.2, 0) is 20.8 Å². The van der Waals surface area contributed by atoms with Gasteiger partial charge in [0.2, 0.25) is 11.8 Å². The van der Waals surface area contributed by atoms with Crippen molar-refractivity contribution in [3.05, 3.63) is 29.8 Å². The number of amides is 2. The van der Waals surface area contributed by atoms with Gasteiger partial charge < -0.3 is 10.2 Å². The van der Waals surface area contributed by atoms with Crippen LogP contribution in [0.4, 0.5) is 5.69 Å². The second-order valence-electron chi connectivity index (χ2n) is 5.41. The van der Waals surface area contributed by atoms with Crippen LogP contribution in [0.3, 0.4) is 0 Å². The molecule has 112 valence electrons. The van der Waals surface area contributed by atoms with E-state index in [9.17, 15) is 14.4 Å². The Kier molecular flexibility index (Phi) is 4.73. The number of nitrogens with zero attached hydrogens (tertiary/aromatic N) is 1. The molecular formula is C16H20N2O3. The zero-order valence-electron chi connectivity index (χ0n) is 12.4. The van der Waals surface area contributed by atoms with Crippen molar-refractivity contribution in [2.24, 2.45) is 0 Å². The SMILES string of the molecule is CC(=O)Nc1ccc(CC(=O)N2CCCC2C(C)=O)cc1. The highest BCUT2D eigenvalue weighted by atomic mass is 16.2. The van der Waals surface area contributed by atoms with Gasteiger partial charge >= 0.3 is 0 Å².